The van der Waals surface area contributed by atoms with Crippen LogP contribution in [-0.2, 0) is 0 Å². The number of allylic oxidation sites excluding steroid dienone is 4. The van der Waals surface area contributed by atoms with Crippen molar-refractivity contribution >= 4 is 0 Å². The van der Waals surface area contributed by atoms with Crippen molar-refractivity contribution in [2.75, 3.05) is 6.54 Å². The van der Waals surface area contributed by atoms with Crippen LogP contribution in [0, 0.1) is 0 Å². The van der Waals surface area contributed by atoms with E-state index >= 15 is 0 Å². The van der Waals surface area contributed by atoms with Crippen LogP contribution in [0.3, 0.4) is 0 Å². The first-order valence-corrected chi connectivity index (χ1v) is 4.08. The van der Waals surface area contributed by atoms with Gasteiger partial charge in [-0.25, -0.2) is 0 Å². The maximum absolute atomic E-state index is 3.61. The predicted octanol–water partition coefficient (Wildman–Crippen LogP) is 2.63. The number of nitrogens with one attached hydrogen (secondary N) is 1. The van der Waals surface area contributed by atoms with Crippen molar-refractivity contribution < 1.29 is 0 Å². The Labute approximate surface area is 69.5 Å². The van der Waals surface area contributed by atoms with Gasteiger partial charge < -0.3 is 5.32 Å². The fourth-order valence-electron chi connectivity index (χ4n) is 0.795. The quantitative estimate of drug-likeness (QED) is 0.596. The maximum Gasteiger partial charge on any atom is 0.0299 e. The Bertz CT molecular complexity index is 154. The van der Waals surface area contributed by atoms with Crippen LogP contribution >= 0.6 is 0 Å². The largest absolute Gasteiger partial charge is 0.386 e. The lowest BCUT2D eigenvalue weighted by atomic mass is 10.3. The lowest BCUT2D eigenvalue weighted by Crippen LogP contribution is -2.09. The minimum atomic E-state index is 0.966. The SMILES string of the molecule is C=C/C=C\C(=C/CC)NCC. The van der Waals surface area contributed by atoms with Crippen LogP contribution < -0.4 is 5.32 Å². The van der Waals surface area contributed by atoms with E-state index in [0.717, 1.165) is 13.0 Å². The van der Waals surface area contributed by atoms with Gasteiger partial charge in [-0.3, -0.25) is 0 Å². The Hall–Kier alpha value is -0.980. The van der Waals surface area contributed by atoms with Gasteiger partial charge in [0.15, 0.2) is 0 Å². The van der Waals surface area contributed by atoms with Gasteiger partial charge in [-0.05, 0) is 19.4 Å². The normalized spacial score (nSPS) is 12.0. The topological polar surface area (TPSA) is 12.0 Å². The first-order valence-electron chi connectivity index (χ1n) is 4.08. The minimum Gasteiger partial charge on any atom is -0.386 e. The van der Waals surface area contributed by atoms with E-state index in [-0.39, 0.29) is 0 Å². The van der Waals surface area contributed by atoms with Gasteiger partial charge in [-0.15, -0.1) is 0 Å². The second kappa shape index (κ2) is 7.13. The lowest BCUT2D eigenvalue weighted by Gasteiger charge is -2.01. The number of hydrogen-bond donors (Lipinski definition) is 1. The Morgan fingerprint density at radius 2 is 2.18 bits per heavy atom. The molecule has 0 aliphatic heterocycles. The van der Waals surface area contributed by atoms with Crippen LogP contribution in [0.1, 0.15) is 20.3 Å². The molecule has 0 atom stereocenters. The zero-order valence-electron chi connectivity index (χ0n) is 7.43. The molecule has 0 bridgehead atoms. The summed E-state index contributed by atoms with van der Waals surface area (Å²) in [7, 11) is 0. The third-order valence-electron chi connectivity index (χ3n) is 1.22. The Morgan fingerprint density at radius 3 is 2.64 bits per heavy atom. The summed E-state index contributed by atoms with van der Waals surface area (Å²) >= 11 is 0. The molecule has 0 saturated carbocycles. The molecule has 0 unspecified atom stereocenters. The smallest absolute Gasteiger partial charge is 0.0299 e. The molecule has 0 aliphatic rings. The highest BCUT2D eigenvalue weighted by molar-refractivity contribution is 5.19. The fourth-order valence-corrected chi connectivity index (χ4v) is 0.795. The molecule has 0 aromatic rings. The first kappa shape index (κ1) is 10.0. The Morgan fingerprint density at radius 1 is 1.45 bits per heavy atom. The van der Waals surface area contributed by atoms with E-state index in [9.17, 15) is 0 Å². The average molecular weight is 151 g/mol. The average Bonchev–Trinajstić information content (AvgIpc) is 2.01. The molecule has 0 amide bonds. The van der Waals surface area contributed by atoms with Crippen molar-refractivity contribution in [3.05, 3.63) is 36.6 Å². The van der Waals surface area contributed by atoms with Gasteiger partial charge in [0.05, 0.1) is 0 Å². The molecule has 1 heteroatoms. The molecule has 1 nitrogen and oxygen atoms in total. The second-order valence-corrected chi connectivity index (χ2v) is 2.19. The molecule has 0 radical (unpaired) electrons. The number of likely N-dealkylation sites (N-methyl/N-ethyl adjacent to an activating group) is 1. The van der Waals surface area contributed by atoms with Crippen LogP contribution in [0.2, 0.25) is 0 Å². The maximum atomic E-state index is 3.61. The standard InChI is InChI=1S/C10H17N/c1-4-7-9-10(8-5-2)11-6-3/h4,7-9,11H,1,5-6H2,2-3H3/b9-7-,10-8+. The van der Waals surface area contributed by atoms with Gasteiger partial charge in [0.1, 0.15) is 0 Å². The van der Waals surface area contributed by atoms with Gasteiger partial charge in [-0.2, -0.15) is 0 Å². The summed E-state index contributed by atoms with van der Waals surface area (Å²) in [4.78, 5) is 0. The summed E-state index contributed by atoms with van der Waals surface area (Å²) in [5.41, 5.74) is 1.18. The highest BCUT2D eigenvalue weighted by Gasteiger charge is 1.84. The molecule has 62 valence electrons. The molecule has 0 spiro atoms. The number of hydrogen-bond acceptors (Lipinski definition) is 1. The zero-order chi connectivity index (χ0) is 8.53. The van der Waals surface area contributed by atoms with E-state index in [1.807, 2.05) is 12.2 Å². The molecule has 0 aromatic heterocycles. The van der Waals surface area contributed by atoms with Gasteiger partial charge in [0.25, 0.3) is 0 Å². The molecular formula is C10H17N. The molecule has 0 aromatic carbocycles. The Kier molecular flexibility index (Phi) is 6.50. The van der Waals surface area contributed by atoms with Crippen LogP contribution in [-0.4, -0.2) is 6.54 Å². The van der Waals surface area contributed by atoms with Crippen molar-refractivity contribution in [3.8, 4) is 0 Å². The van der Waals surface area contributed by atoms with Gasteiger partial charge in [0.2, 0.25) is 0 Å². The van der Waals surface area contributed by atoms with Crippen molar-refractivity contribution in [2.45, 2.75) is 20.3 Å². The lowest BCUT2D eigenvalue weighted by molar-refractivity contribution is 0.870. The zero-order valence-corrected chi connectivity index (χ0v) is 7.43. The van der Waals surface area contributed by atoms with E-state index in [4.69, 9.17) is 0 Å². The monoisotopic (exact) mass is 151 g/mol. The summed E-state index contributed by atoms with van der Waals surface area (Å²) in [5, 5.41) is 3.24. The first-order chi connectivity index (χ1) is 5.35. The summed E-state index contributed by atoms with van der Waals surface area (Å²) < 4.78 is 0. The van der Waals surface area contributed by atoms with Crippen LogP contribution in [0.15, 0.2) is 36.6 Å². The summed E-state index contributed by atoms with van der Waals surface area (Å²) in [6.07, 6.45) is 8.96. The van der Waals surface area contributed by atoms with E-state index in [1.54, 1.807) is 6.08 Å². The van der Waals surface area contributed by atoms with Crippen LogP contribution in [0.4, 0.5) is 0 Å². The molecule has 1 N–H and O–H groups in total. The minimum absolute atomic E-state index is 0.966. The van der Waals surface area contributed by atoms with E-state index < -0.39 is 0 Å². The summed E-state index contributed by atoms with van der Waals surface area (Å²) in [6, 6.07) is 0. The second-order valence-electron chi connectivity index (χ2n) is 2.19. The van der Waals surface area contributed by atoms with Crippen molar-refractivity contribution in [1.82, 2.24) is 5.32 Å². The van der Waals surface area contributed by atoms with Crippen molar-refractivity contribution in [2.24, 2.45) is 0 Å². The number of rotatable bonds is 5. The van der Waals surface area contributed by atoms with Gasteiger partial charge >= 0.3 is 0 Å². The predicted molar refractivity (Wildman–Crippen MR) is 51.4 cm³/mol. The molecule has 11 heavy (non-hydrogen) atoms. The Balaban J connectivity index is 3.98. The molecule has 0 heterocycles. The third-order valence-corrected chi connectivity index (χ3v) is 1.22. The van der Waals surface area contributed by atoms with Crippen molar-refractivity contribution in [1.29, 1.82) is 0 Å². The third kappa shape index (κ3) is 5.46. The molecule has 0 aliphatic carbocycles. The molecular weight excluding hydrogens is 134 g/mol. The molecule has 0 saturated heterocycles. The van der Waals surface area contributed by atoms with E-state index in [0.29, 0.717) is 0 Å². The van der Waals surface area contributed by atoms with Crippen molar-refractivity contribution in [3.63, 3.8) is 0 Å². The molecule has 0 fully saturated rings. The van der Waals surface area contributed by atoms with Gasteiger partial charge in [-0.1, -0.05) is 31.7 Å². The highest BCUT2D eigenvalue weighted by atomic mass is 14.9. The summed E-state index contributed by atoms with van der Waals surface area (Å²) in [6.45, 7) is 8.79. The van der Waals surface area contributed by atoms with Crippen LogP contribution in [0.25, 0.3) is 0 Å². The molecule has 0 rings (SSSR count). The van der Waals surface area contributed by atoms with E-state index in [1.165, 1.54) is 5.70 Å². The summed E-state index contributed by atoms with van der Waals surface area (Å²) in [5.74, 6) is 0. The van der Waals surface area contributed by atoms with Gasteiger partial charge in [0, 0.05) is 12.2 Å². The fraction of sp³-hybridized carbons (Fsp3) is 0.400. The highest BCUT2D eigenvalue weighted by Crippen LogP contribution is 1.94. The van der Waals surface area contributed by atoms with Crippen LogP contribution in [0.5, 0.6) is 0 Å². The van der Waals surface area contributed by atoms with E-state index in [2.05, 4.69) is 31.8 Å².